The van der Waals surface area contributed by atoms with Gasteiger partial charge >= 0.3 is 0 Å². The summed E-state index contributed by atoms with van der Waals surface area (Å²) in [6, 6.07) is 3.52. The molecular formula is C13H19N3O2. The molecule has 0 spiro atoms. The number of aliphatic hydroxyl groups is 1. The molecule has 1 unspecified atom stereocenters. The SMILES string of the molecule is CC(C)CC(O)CNC(=O)c1cc(C#N)cn1C. The van der Waals surface area contributed by atoms with Gasteiger partial charge in [0, 0.05) is 19.8 Å². The van der Waals surface area contributed by atoms with Gasteiger partial charge in [-0.1, -0.05) is 13.8 Å². The summed E-state index contributed by atoms with van der Waals surface area (Å²) in [6.07, 6.45) is 1.71. The minimum atomic E-state index is -0.537. The number of hydrogen-bond donors (Lipinski definition) is 2. The number of aromatic nitrogens is 1. The number of nitriles is 1. The highest BCUT2D eigenvalue weighted by molar-refractivity contribution is 5.93. The highest BCUT2D eigenvalue weighted by atomic mass is 16.3. The van der Waals surface area contributed by atoms with Gasteiger partial charge in [0.2, 0.25) is 0 Å². The summed E-state index contributed by atoms with van der Waals surface area (Å²) in [7, 11) is 1.71. The number of aliphatic hydroxyl groups excluding tert-OH is 1. The molecule has 5 heteroatoms. The molecule has 0 bridgehead atoms. The molecule has 0 fully saturated rings. The Bertz CT molecular complexity index is 457. The molecule has 98 valence electrons. The van der Waals surface area contributed by atoms with Gasteiger partial charge in [0.15, 0.2) is 0 Å². The maximum absolute atomic E-state index is 11.8. The van der Waals surface area contributed by atoms with Gasteiger partial charge in [-0.25, -0.2) is 0 Å². The number of nitrogens with zero attached hydrogens (tertiary/aromatic N) is 2. The average molecular weight is 249 g/mol. The van der Waals surface area contributed by atoms with Crippen molar-refractivity contribution >= 4 is 5.91 Å². The lowest BCUT2D eigenvalue weighted by Gasteiger charge is -2.13. The van der Waals surface area contributed by atoms with Crippen molar-refractivity contribution in [3.05, 3.63) is 23.5 Å². The first-order valence-corrected chi connectivity index (χ1v) is 5.96. The Hall–Kier alpha value is -1.80. The van der Waals surface area contributed by atoms with Gasteiger partial charge in [-0.15, -0.1) is 0 Å². The van der Waals surface area contributed by atoms with Gasteiger partial charge in [0.05, 0.1) is 11.7 Å². The molecule has 0 aliphatic carbocycles. The Balaban J connectivity index is 2.55. The number of nitrogens with one attached hydrogen (secondary N) is 1. The summed E-state index contributed by atoms with van der Waals surface area (Å²) in [6.45, 7) is 4.26. The quantitative estimate of drug-likeness (QED) is 0.818. The summed E-state index contributed by atoms with van der Waals surface area (Å²) >= 11 is 0. The van der Waals surface area contributed by atoms with Crippen LogP contribution in [0, 0.1) is 17.2 Å². The molecule has 1 amide bonds. The summed E-state index contributed by atoms with van der Waals surface area (Å²) in [5.41, 5.74) is 0.869. The van der Waals surface area contributed by atoms with E-state index in [1.807, 2.05) is 19.9 Å². The Morgan fingerprint density at radius 2 is 2.28 bits per heavy atom. The summed E-state index contributed by atoms with van der Waals surface area (Å²) in [5, 5.41) is 21.1. The van der Waals surface area contributed by atoms with Gasteiger partial charge in [-0.2, -0.15) is 5.26 Å². The molecule has 0 aliphatic heterocycles. The second-order valence-corrected chi connectivity index (χ2v) is 4.83. The molecule has 1 aromatic heterocycles. The smallest absolute Gasteiger partial charge is 0.268 e. The van der Waals surface area contributed by atoms with Crippen LogP contribution in [0.15, 0.2) is 12.3 Å². The van der Waals surface area contributed by atoms with Crippen molar-refractivity contribution in [2.24, 2.45) is 13.0 Å². The van der Waals surface area contributed by atoms with Gasteiger partial charge in [0.25, 0.3) is 5.91 Å². The Kier molecular flexibility index (Phi) is 4.93. The second kappa shape index (κ2) is 6.22. The fourth-order valence-electron chi connectivity index (χ4n) is 1.78. The number of aryl methyl sites for hydroxylation is 1. The lowest BCUT2D eigenvalue weighted by atomic mass is 10.1. The third kappa shape index (κ3) is 3.90. The molecule has 2 N–H and O–H groups in total. The van der Waals surface area contributed by atoms with E-state index in [0.717, 1.165) is 0 Å². The van der Waals surface area contributed by atoms with E-state index < -0.39 is 6.10 Å². The zero-order valence-corrected chi connectivity index (χ0v) is 11.0. The Morgan fingerprint density at radius 3 is 2.78 bits per heavy atom. The van der Waals surface area contributed by atoms with E-state index in [1.54, 1.807) is 17.8 Å². The van der Waals surface area contributed by atoms with Crippen molar-refractivity contribution in [1.82, 2.24) is 9.88 Å². The molecule has 0 saturated heterocycles. The van der Waals surface area contributed by atoms with Crippen LogP contribution in [-0.4, -0.2) is 28.2 Å². The highest BCUT2D eigenvalue weighted by Crippen LogP contribution is 2.07. The summed E-state index contributed by atoms with van der Waals surface area (Å²) in [4.78, 5) is 11.8. The third-order valence-corrected chi connectivity index (χ3v) is 2.61. The van der Waals surface area contributed by atoms with Crippen molar-refractivity contribution in [3.8, 4) is 6.07 Å². The van der Waals surface area contributed by atoms with Crippen LogP contribution in [0.3, 0.4) is 0 Å². The van der Waals surface area contributed by atoms with E-state index in [2.05, 4.69) is 5.32 Å². The summed E-state index contributed by atoms with van der Waals surface area (Å²) in [5.74, 6) is 0.110. The Labute approximate surface area is 107 Å². The molecule has 1 rings (SSSR count). The first kappa shape index (κ1) is 14.3. The minimum absolute atomic E-state index is 0.226. The highest BCUT2D eigenvalue weighted by Gasteiger charge is 2.13. The predicted octanol–water partition coefficient (Wildman–Crippen LogP) is 1.03. The van der Waals surface area contributed by atoms with Crippen LogP contribution in [0.4, 0.5) is 0 Å². The summed E-state index contributed by atoms with van der Waals surface area (Å²) < 4.78 is 1.60. The lowest BCUT2D eigenvalue weighted by Crippen LogP contribution is -2.33. The number of carbonyl (C=O) groups is 1. The normalized spacial score (nSPS) is 12.2. The van der Waals surface area contributed by atoms with Crippen LogP contribution in [0.1, 0.15) is 36.3 Å². The largest absolute Gasteiger partial charge is 0.391 e. The van der Waals surface area contributed by atoms with Crippen LogP contribution >= 0.6 is 0 Å². The molecule has 18 heavy (non-hydrogen) atoms. The van der Waals surface area contributed by atoms with Gasteiger partial charge in [-0.05, 0) is 18.4 Å². The predicted molar refractivity (Wildman–Crippen MR) is 67.9 cm³/mol. The first-order valence-electron chi connectivity index (χ1n) is 5.96. The standard InChI is InChI=1S/C13H19N3O2/c1-9(2)4-11(17)7-15-13(18)12-5-10(6-14)8-16(12)3/h5,8-9,11,17H,4,7H2,1-3H3,(H,15,18). The van der Waals surface area contributed by atoms with Gasteiger partial charge in [-0.3, -0.25) is 4.79 Å². The number of amides is 1. The zero-order valence-electron chi connectivity index (χ0n) is 11.0. The van der Waals surface area contributed by atoms with E-state index in [-0.39, 0.29) is 12.5 Å². The van der Waals surface area contributed by atoms with E-state index in [4.69, 9.17) is 5.26 Å². The molecule has 5 nitrogen and oxygen atoms in total. The topological polar surface area (TPSA) is 78.1 Å². The molecule has 1 aromatic rings. The molecule has 0 radical (unpaired) electrons. The lowest BCUT2D eigenvalue weighted by molar-refractivity contribution is 0.0892. The molecule has 1 atom stereocenters. The van der Waals surface area contributed by atoms with Gasteiger partial charge in [0.1, 0.15) is 11.8 Å². The fraction of sp³-hybridized carbons (Fsp3) is 0.538. The number of carbonyl (C=O) groups excluding carboxylic acids is 1. The van der Waals surface area contributed by atoms with Crippen LogP contribution in [0.5, 0.6) is 0 Å². The second-order valence-electron chi connectivity index (χ2n) is 4.83. The molecule has 1 heterocycles. The minimum Gasteiger partial charge on any atom is -0.391 e. The van der Waals surface area contributed by atoms with Crippen molar-refractivity contribution < 1.29 is 9.90 Å². The van der Waals surface area contributed by atoms with Crippen molar-refractivity contribution in [2.45, 2.75) is 26.4 Å². The first-order chi connectivity index (χ1) is 8.43. The van der Waals surface area contributed by atoms with E-state index >= 15 is 0 Å². The van der Waals surface area contributed by atoms with Gasteiger partial charge < -0.3 is 15.0 Å². The average Bonchev–Trinajstić information content (AvgIpc) is 2.66. The Morgan fingerprint density at radius 1 is 1.61 bits per heavy atom. The van der Waals surface area contributed by atoms with Crippen molar-refractivity contribution in [3.63, 3.8) is 0 Å². The zero-order chi connectivity index (χ0) is 13.7. The number of hydrogen-bond acceptors (Lipinski definition) is 3. The third-order valence-electron chi connectivity index (χ3n) is 2.61. The molecular weight excluding hydrogens is 230 g/mol. The molecule has 0 aliphatic rings. The van der Waals surface area contributed by atoms with Crippen LogP contribution in [0.2, 0.25) is 0 Å². The molecule has 0 saturated carbocycles. The van der Waals surface area contributed by atoms with Crippen molar-refractivity contribution in [1.29, 1.82) is 5.26 Å². The van der Waals surface area contributed by atoms with Crippen LogP contribution in [0.25, 0.3) is 0 Å². The molecule has 0 aromatic carbocycles. The number of rotatable bonds is 5. The van der Waals surface area contributed by atoms with E-state index in [9.17, 15) is 9.90 Å². The van der Waals surface area contributed by atoms with E-state index in [1.165, 1.54) is 6.07 Å². The van der Waals surface area contributed by atoms with Crippen LogP contribution < -0.4 is 5.32 Å². The van der Waals surface area contributed by atoms with Crippen molar-refractivity contribution in [2.75, 3.05) is 6.54 Å². The fourth-order valence-corrected chi connectivity index (χ4v) is 1.78. The monoisotopic (exact) mass is 249 g/mol. The van der Waals surface area contributed by atoms with Crippen LogP contribution in [-0.2, 0) is 7.05 Å². The van der Waals surface area contributed by atoms with E-state index in [0.29, 0.717) is 23.6 Å². The maximum Gasteiger partial charge on any atom is 0.268 e. The maximum atomic E-state index is 11.8.